The minimum atomic E-state index is -0.327. The first-order chi connectivity index (χ1) is 14.9. The lowest BCUT2D eigenvalue weighted by molar-refractivity contribution is -0.120. The van der Waals surface area contributed by atoms with Crippen LogP contribution in [-0.4, -0.2) is 62.0 Å². The number of imide groups is 1. The molecule has 0 saturated carbocycles. The first-order valence-corrected chi connectivity index (χ1v) is 10.7. The Balaban J connectivity index is 1.77. The van der Waals surface area contributed by atoms with Crippen molar-refractivity contribution in [2.45, 2.75) is 18.9 Å². The molecule has 2 aliphatic heterocycles. The number of benzene rings is 2. The van der Waals surface area contributed by atoms with Crippen LogP contribution in [0.3, 0.4) is 0 Å². The third kappa shape index (κ3) is 4.05. The van der Waals surface area contributed by atoms with E-state index in [1.165, 1.54) is 4.90 Å². The van der Waals surface area contributed by atoms with Gasteiger partial charge in [-0.1, -0.05) is 23.7 Å². The summed E-state index contributed by atoms with van der Waals surface area (Å²) in [5.74, 6) is 0.0627. The Labute approximate surface area is 187 Å². The first-order valence-electron chi connectivity index (χ1n) is 10.3. The molecular weight excluding hydrogens is 414 g/mol. The van der Waals surface area contributed by atoms with Crippen LogP contribution in [0.5, 0.6) is 5.75 Å². The topological polar surface area (TPSA) is 53.1 Å². The summed E-state index contributed by atoms with van der Waals surface area (Å²) in [7, 11) is 5.62. The maximum Gasteiger partial charge on any atom is 0.282 e. The van der Waals surface area contributed by atoms with Gasteiger partial charge in [-0.2, -0.15) is 0 Å². The summed E-state index contributed by atoms with van der Waals surface area (Å²) in [5, 5.41) is 0.551. The molecule has 4 rings (SSSR count). The molecule has 0 aliphatic carbocycles. The van der Waals surface area contributed by atoms with Crippen molar-refractivity contribution in [2.24, 2.45) is 0 Å². The van der Waals surface area contributed by atoms with Crippen molar-refractivity contribution in [3.63, 3.8) is 0 Å². The molecular formula is C24H26ClN3O3. The highest BCUT2D eigenvalue weighted by Gasteiger charge is 2.43. The predicted octanol–water partition coefficient (Wildman–Crippen LogP) is 3.66. The zero-order valence-electron chi connectivity index (χ0n) is 18.0. The monoisotopic (exact) mass is 439 g/mol. The molecule has 0 unspecified atom stereocenters. The molecule has 0 radical (unpaired) electrons. The molecule has 0 aromatic heterocycles. The largest absolute Gasteiger partial charge is 0.497 e. The number of hydrogen-bond donors (Lipinski definition) is 0. The van der Waals surface area contributed by atoms with Crippen LogP contribution >= 0.6 is 11.6 Å². The zero-order chi connectivity index (χ0) is 22.1. The number of methoxy groups -OCH3 is 1. The van der Waals surface area contributed by atoms with E-state index in [2.05, 4.69) is 11.9 Å². The molecule has 2 heterocycles. The molecule has 2 aromatic rings. The summed E-state index contributed by atoms with van der Waals surface area (Å²) < 4.78 is 5.26. The second kappa shape index (κ2) is 8.73. The summed E-state index contributed by atoms with van der Waals surface area (Å²) >= 11 is 6.01. The Hall–Kier alpha value is -2.83. The number of rotatable bonds is 5. The number of carbonyl (C=O) groups is 2. The van der Waals surface area contributed by atoms with E-state index in [1.54, 1.807) is 43.5 Å². The molecule has 0 atom stereocenters. The van der Waals surface area contributed by atoms with Gasteiger partial charge in [-0.3, -0.25) is 9.59 Å². The fourth-order valence-corrected chi connectivity index (χ4v) is 4.38. The van der Waals surface area contributed by atoms with E-state index in [4.69, 9.17) is 16.3 Å². The number of amides is 2. The first kappa shape index (κ1) is 21.4. The molecule has 1 saturated heterocycles. The standard InChI is InChI=1S/C24H26ClN3O3/c1-26-14-12-18(13-15-26)27(2)22-21(16-4-10-20(31-3)11-5-16)23(29)28(24(22)30)19-8-6-17(25)7-9-19/h4-11,18H,12-15H2,1-3H3. The average Bonchev–Trinajstić information content (AvgIpc) is 3.04. The van der Waals surface area contributed by atoms with Crippen LogP contribution in [0.25, 0.3) is 5.57 Å². The number of halogens is 1. The van der Waals surface area contributed by atoms with Gasteiger partial charge in [0.25, 0.3) is 11.8 Å². The Bertz CT molecular complexity index is 1010. The summed E-state index contributed by atoms with van der Waals surface area (Å²) in [6.07, 6.45) is 1.88. The van der Waals surface area contributed by atoms with Crippen LogP contribution in [0.15, 0.2) is 54.2 Å². The molecule has 1 fully saturated rings. The van der Waals surface area contributed by atoms with E-state index in [1.807, 2.05) is 24.1 Å². The molecule has 31 heavy (non-hydrogen) atoms. The Morgan fingerprint density at radius 1 is 0.968 bits per heavy atom. The number of likely N-dealkylation sites (tertiary alicyclic amines) is 1. The molecule has 2 aromatic carbocycles. The van der Waals surface area contributed by atoms with Crippen LogP contribution in [0.2, 0.25) is 5.02 Å². The molecule has 2 aliphatic rings. The van der Waals surface area contributed by atoms with Gasteiger partial charge in [-0.05, 0) is 74.9 Å². The van der Waals surface area contributed by atoms with Gasteiger partial charge in [0.05, 0.1) is 18.4 Å². The fraction of sp³-hybridized carbons (Fsp3) is 0.333. The van der Waals surface area contributed by atoms with Gasteiger partial charge < -0.3 is 14.5 Å². The number of hydrogen-bond acceptors (Lipinski definition) is 5. The van der Waals surface area contributed by atoms with Gasteiger partial charge in [0.1, 0.15) is 11.4 Å². The van der Waals surface area contributed by atoms with E-state index < -0.39 is 0 Å². The molecule has 0 N–H and O–H groups in total. The molecule has 162 valence electrons. The normalized spacial score (nSPS) is 18.1. The van der Waals surface area contributed by atoms with Gasteiger partial charge in [-0.15, -0.1) is 0 Å². The number of likely N-dealkylation sites (N-methyl/N-ethyl adjacent to an activating group) is 1. The summed E-state index contributed by atoms with van der Waals surface area (Å²) in [6.45, 7) is 1.92. The van der Waals surface area contributed by atoms with Crippen molar-refractivity contribution in [3.05, 3.63) is 64.8 Å². The fourth-order valence-electron chi connectivity index (χ4n) is 4.25. The minimum Gasteiger partial charge on any atom is -0.497 e. The van der Waals surface area contributed by atoms with Crippen molar-refractivity contribution in [3.8, 4) is 5.75 Å². The second-order valence-corrected chi connectivity index (χ2v) is 8.46. The van der Waals surface area contributed by atoms with Crippen LogP contribution in [-0.2, 0) is 9.59 Å². The molecule has 6 nitrogen and oxygen atoms in total. The lowest BCUT2D eigenvalue weighted by Gasteiger charge is -2.36. The Morgan fingerprint density at radius 3 is 2.16 bits per heavy atom. The smallest absolute Gasteiger partial charge is 0.282 e. The summed E-state index contributed by atoms with van der Waals surface area (Å²) in [5.41, 5.74) is 2.08. The van der Waals surface area contributed by atoms with Gasteiger partial charge in [0.15, 0.2) is 0 Å². The number of ether oxygens (including phenoxy) is 1. The highest BCUT2D eigenvalue weighted by molar-refractivity contribution is 6.45. The number of anilines is 1. The van der Waals surface area contributed by atoms with Gasteiger partial charge >= 0.3 is 0 Å². The molecule has 2 amide bonds. The number of piperidine rings is 1. The van der Waals surface area contributed by atoms with E-state index in [0.717, 1.165) is 25.9 Å². The Kier molecular flexibility index (Phi) is 6.03. The van der Waals surface area contributed by atoms with Crippen LogP contribution in [0.4, 0.5) is 5.69 Å². The third-order valence-electron chi connectivity index (χ3n) is 6.11. The van der Waals surface area contributed by atoms with Gasteiger partial charge in [0, 0.05) is 18.1 Å². The lowest BCUT2D eigenvalue weighted by atomic mass is 10.00. The molecule has 7 heteroatoms. The van der Waals surface area contributed by atoms with Crippen molar-refractivity contribution in [1.29, 1.82) is 0 Å². The summed E-state index contributed by atoms with van der Waals surface area (Å²) in [6, 6.07) is 14.2. The SMILES string of the molecule is COc1ccc(C2=C(N(C)C3CCN(C)CC3)C(=O)N(c3ccc(Cl)cc3)C2=O)cc1. The van der Waals surface area contributed by atoms with Crippen LogP contribution in [0.1, 0.15) is 18.4 Å². The van der Waals surface area contributed by atoms with Gasteiger partial charge in [-0.25, -0.2) is 4.90 Å². The highest BCUT2D eigenvalue weighted by Crippen LogP contribution is 2.36. The van der Waals surface area contributed by atoms with Gasteiger partial charge in [0.2, 0.25) is 0 Å². The van der Waals surface area contributed by atoms with Crippen LogP contribution < -0.4 is 9.64 Å². The van der Waals surface area contributed by atoms with Crippen molar-refractivity contribution in [2.75, 3.05) is 39.2 Å². The lowest BCUT2D eigenvalue weighted by Crippen LogP contribution is -2.43. The predicted molar refractivity (Wildman–Crippen MR) is 122 cm³/mol. The average molecular weight is 440 g/mol. The zero-order valence-corrected chi connectivity index (χ0v) is 18.7. The highest BCUT2D eigenvalue weighted by atomic mass is 35.5. The molecule has 0 bridgehead atoms. The quantitative estimate of drug-likeness (QED) is 0.665. The summed E-state index contributed by atoms with van der Waals surface area (Å²) in [4.78, 5) is 32.7. The number of carbonyl (C=O) groups excluding carboxylic acids is 2. The Morgan fingerprint density at radius 2 is 1.58 bits per heavy atom. The van der Waals surface area contributed by atoms with Crippen LogP contribution in [0, 0.1) is 0 Å². The van der Waals surface area contributed by atoms with Crippen molar-refractivity contribution in [1.82, 2.24) is 9.80 Å². The van der Waals surface area contributed by atoms with E-state index in [0.29, 0.717) is 33.3 Å². The van der Waals surface area contributed by atoms with Crippen molar-refractivity contribution < 1.29 is 14.3 Å². The number of nitrogens with zero attached hydrogens (tertiary/aromatic N) is 3. The maximum atomic E-state index is 13.6. The van der Waals surface area contributed by atoms with Crippen molar-refractivity contribution >= 4 is 34.7 Å². The second-order valence-electron chi connectivity index (χ2n) is 8.02. The molecule has 0 spiro atoms. The van der Waals surface area contributed by atoms with E-state index in [9.17, 15) is 9.59 Å². The van der Waals surface area contributed by atoms with E-state index >= 15 is 0 Å². The maximum absolute atomic E-state index is 13.6. The third-order valence-corrected chi connectivity index (χ3v) is 6.36. The van der Waals surface area contributed by atoms with E-state index in [-0.39, 0.29) is 17.9 Å². The minimum absolute atomic E-state index is 0.196.